The van der Waals surface area contributed by atoms with Gasteiger partial charge in [-0.05, 0) is 13.8 Å². The van der Waals surface area contributed by atoms with Gasteiger partial charge >= 0.3 is 0 Å². The van der Waals surface area contributed by atoms with Crippen molar-refractivity contribution in [2.24, 2.45) is 0 Å². The topological polar surface area (TPSA) is 141 Å². The van der Waals surface area contributed by atoms with Crippen molar-refractivity contribution in [1.29, 1.82) is 0 Å². The molecule has 0 spiro atoms. The molecule has 0 aliphatic rings. The van der Waals surface area contributed by atoms with Gasteiger partial charge in [0.15, 0.2) is 0 Å². The lowest BCUT2D eigenvalue weighted by Crippen LogP contribution is -2.09. The molecule has 0 aromatic rings. The molecule has 0 aromatic heterocycles. The van der Waals surface area contributed by atoms with Crippen LogP contribution in [0.2, 0.25) is 0 Å². The molecule has 0 saturated carbocycles. The molecule has 8 nitrogen and oxygen atoms in total. The van der Waals surface area contributed by atoms with E-state index in [-0.39, 0.29) is 6.10 Å². The second-order valence-corrected chi connectivity index (χ2v) is 3.07. The van der Waals surface area contributed by atoms with Gasteiger partial charge in [-0.1, -0.05) is 0 Å². The molecule has 0 aliphatic carbocycles. The van der Waals surface area contributed by atoms with Gasteiger partial charge in [-0.3, -0.25) is 14.4 Å². The van der Waals surface area contributed by atoms with E-state index in [1.807, 2.05) is 6.92 Å². The van der Waals surface area contributed by atoms with Crippen molar-refractivity contribution < 1.29 is 39.5 Å². The summed E-state index contributed by atoms with van der Waals surface area (Å²) in [5.41, 5.74) is 0. The number of ether oxygens (including phenoxy) is 1. The first-order valence-corrected chi connectivity index (χ1v) is 5.31. The van der Waals surface area contributed by atoms with Gasteiger partial charge in [0, 0.05) is 27.4 Å². The molecule has 0 aliphatic heterocycles. The number of carboxylic acids is 3. The van der Waals surface area contributed by atoms with Crippen LogP contribution in [0.3, 0.4) is 0 Å². The first-order valence-electron chi connectivity index (χ1n) is 5.31. The van der Waals surface area contributed by atoms with Gasteiger partial charge in [-0.2, -0.15) is 0 Å². The number of carbonyl (C=O) groups is 3. The molecule has 1 atom stereocenters. The Morgan fingerprint density at radius 3 is 1.21 bits per heavy atom. The summed E-state index contributed by atoms with van der Waals surface area (Å²) in [6, 6.07) is 0. The van der Waals surface area contributed by atoms with E-state index < -0.39 is 17.9 Å². The van der Waals surface area contributed by atoms with Crippen LogP contribution in [0.1, 0.15) is 34.6 Å². The highest BCUT2D eigenvalue weighted by atomic mass is 16.5. The second kappa shape index (κ2) is 21.6. The summed E-state index contributed by atoms with van der Waals surface area (Å²) in [6.45, 7) is 8.00. The molecule has 0 fully saturated rings. The highest BCUT2D eigenvalue weighted by Gasteiger charge is 1.90. The number of aliphatic hydroxyl groups is 1. The van der Waals surface area contributed by atoms with Crippen molar-refractivity contribution in [1.82, 2.24) is 0 Å². The zero-order chi connectivity index (χ0) is 16.4. The quantitative estimate of drug-likeness (QED) is 0.592. The van der Waals surface area contributed by atoms with Crippen molar-refractivity contribution >= 4 is 17.9 Å². The molecule has 0 heterocycles. The van der Waals surface area contributed by atoms with Crippen molar-refractivity contribution in [3.63, 3.8) is 0 Å². The maximum absolute atomic E-state index is 9.00. The maximum atomic E-state index is 9.00. The van der Waals surface area contributed by atoms with E-state index in [4.69, 9.17) is 39.5 Å². The zero-order valence-electron chi connectivity index (χ0n) is 11.9. The van der Waals surface area contributed by atoms with Crippen LogP contribution < -0.4 is 0 Å². The van der Waals surface area contributed by atoms with Gasteiger partial charge in [0.25, 0.3) is 17.9 Å². The molecule has 1 unspecified atom stereocenters. The Morgan fingerprint density at radius 1 is 0.947 bits per heavy atom. The van der Waals surface area contributed by atoms with Crippen LogP contribution >= 0.6 is 0 Å². The zero-order valence-corrected chi connectivity index (χ0v) is 11.9. The van der Waals surface area contributed by atoms with E-state index in [0.717, 1.165) is 20.8 Å². The van der Waals surface area contributed by atoms with Gasteiger partial charge in [-0.25, -0.2) is 0 Å². The van der Waals surface area contributed by atoms with Gasteiger partial charge in [0.2, 0.25) is 0 Å². The summed E-state index contributed by atoms with van der Waals surface area (Å²) >= 11 is 0. The third-order valence-corrected chi connectivity index (χ3v) is 0.563. The minimum atomic E-state index is -0.833. The lowest BCUT2D eigenvalue weighted by molar-refractivity contribution is -0.135. The second-order valence-electron chi connectivity index (χ2n) is 3.07. The first kappa shape index (κ1) is 26.0. The van der Waals surface area contributed by atoms with Crippen molar-refractivity contribution in [3.8, 4) is 0 Å². The predicted octanol–water partition coefficient (Wildman–Crippen LogP) is 0.676. The summed E-state index contributed by atoms with van der Waals surface area (Å²) in [5, 5.41) is 30.8. The molecular weight excluding hydrogens is 260 g/mol. The van der Waals surface area contributed by atoms with E-state index in [0.29, 0.717) is 13.2 Å². The lowest BCUT2D eigenvalue weighted by atomic mass is 10.4. The molecule has 0 saturated heterocycles. The number of hydrogen-bond donors (Lipinski definition) is 4. The third-order valence-electron chi connectivity index (χ3n) is 0.563. The van der Waals surface area contributed by atoms with Crippen LogP contribution in [0.4, 0.5) is 0 Å². The van der Waals surface area contributed by atoms with Gasteiger partial charge in [-0.15, -0.1) is 0 Å². The van der Waals surface area contributed by atoms with Crippen LogP contribution in [0.5, 0.6) is 0 Å². The Labute approximate surface area is 112 Å². The fraction of sp³-hybridized carbons (Fsp3) is 0.727. The largest absolute Gasteiger partial charge is 0.481 e. The van der Waals surface area contributed by atoms with Crippen LogP contribution in [-0.2, 0) is 19.1 Å². The molecule has 0 amide bonds. The highest BCUT2D eigenvalue weighted by molar-refractivity contribution is 5.63. The predicted molar refractivity (Wildman–Crippen MR) is 68.1 cm³/mol. The molecule has 0 rings (SSSR count). The molecular formula is C11H24O8. The maximum Gasteiger partial charge on any atom is 0.300 e. The van der Waals surface area contributed by atoms with Gasteiger partial charge in [0.1, 0.15) is 0 Å². The number of rotatable bonds is 3. The minimum absolute atomic E-state index is 0.319. The van der Waals surface area contributed by atoms with Crippen molar-refractivity contribution in [2.75, 3.05) is 13.2 Å². The Morgan fingerprint density at radius 2 is 1.16 bits per heavy atom. The summed E-state index contributed by atoms with van der Waals surface area (Å²) in [5.74, 6) is -2.50. The number of aliphatic carboxylic acids is 3. The molecule has 0 radical (unpaired) electrons. The van der Waals surface area contributed by atoms with Crippen LogP contribution in [-0.4, -0.2) is 57.7 Å². The van der Waals surface area contributed by atoms with E-state index in [9.17, 15) is 0 Å². The lowest BCUT2D eigenvalue weighted by Gasteiger charge is -2.00. The average molecular weight is 284 g/mol. The third kappa shape index (κ3) is 618. The van der Waals surface area contributed by atoms with Crippen LogP contribution in [0.15, 0.2) is 0 Å². The van der Waals surface area contributed by atoms with Gasteiger partial charge < -0.3 is 25.2 Å². The SMILES string of the molecule is CC(=O)O.CC(=O)O.CC(=O)O.CCOCC(C)O. The van der Waals surface area contributed by atoms with Crippen molar-refractivity contribution in [3.05, 3.63) is 0 Å². The monoisotopic (exact) mass is 284 g/mol. The molecule has 4 N–H and O–H groups in total. The number of hydrogen-bond acceptors (Lipinski definition) is 5. The number of carboxylic acid groups (broad SMARTS) is 3. The fourth-order valence-corrected chi connectivity index (χ4v) is 0.288. The fourth-order valence-electron chi connectivity index (χ4n) is 0.288. The standard InChI is InChI=1S/C5H12O2.3C2H4O2/c1-3-7-4-5(2)6;3*1-2(3)4/h5-6H,3-4H2,1-2H3;3*1H3,(H,3,4). The summed E-state index contributed by atoms with van der Waals surface area (Å²) in [6.07, 6.45) is -0.319. The van der Waals surface area contributed by atoms with Crippen LogP contribution in [0.25, 0.3) is 0 Å². The van der Waals surface area contributed by atoms with Crippen LogP contribution in [0, 0.1) is 0 Å². The normalized spacial score (nSPS) is 9.16. The minimum Gasteiger partial charge on any atom is -0.481 e. The average Bonchev–Trinajstić information content (AvgIpc) is 2.11. The van der Waals surface area contributed by atoms with E-state index >= 15 is 0 Å². The molecule has 0 aromatic carbocycles. The number of aliphatic hydroxyl groups excluding tert-OH is 1. The summed E-state index contributed by atoms with van der Waals surface area (Å²) in [7, 11) is 0. The Hall–Kier alpha value is -1.67. The van der Waals surface area contributed by atoms with E-state index in [1.54, 1.807) is 6.92 Å². The highest BCUT2D eigenvalue weighted by Crippen LogP contribution is 1.79. The first-order chi connectivity index (χ1) is 8.47. The summed E-state index contributed by atoms with van der Waals surface area (Å²) in [4.78, 5) is 27.0. The Kier molecular flexibility index (Phi) is 29.6. The molecule has 0 bridgehead atoms. The Balaban J connectivity index is -0.0000000825. The molecule has 116 valence electrons. The molecule has 19 heavy (non-hydrogen) atoms. The van der Waals surface area contributed by atoms with Crippen molar-refractivity contribution in [2.45, 2.75) is 40.7 Å². The van der Waals surface area contributed by atoms with E-state index in [1.165, 1.54) is 0 Å². The summed E-state index contributed by atoms with van der Waals surface area (Å²) < 4.78 is 4.84. The Bertz CT molecular complexity index is 184. The smallest absolute Gasteiger partial charge is 0.300 e. The van der Waals surface area contributed by atoms with Gasteiger partial charge in [0.05, 0.1) is 12.7 Å². The molecule has 8 heteroatoms. The van der Waals surface area contributed by atoms with E-state index in [2.05, 4.69) is 0 Å².